The average Bonchev–Trinajstić information content (AvgIpc) is 3.36. The molecule has 0 radical (unpaired) electrons. The van der Waals surface area contributed by atoms with Gasteiger partial charge in [0.05, 0.1) is 17.1 Å². The van der Waals surface area contributed by atoms with Crippen LogP contribution in [0.15, 0.2) is 83.8 Å². The molecule has 3 aromatic rings. The fourth-order valence-corrected chi connectivity index (χ4v) is 6.72. The molecule has 6 nitrogen and oxygen atoms in total. The zero-order valence-electron chi connectivity index (χ0n) is 19.4. The second-order valence-electron chi connectivity index (χ2n) is 8.68. The summed E-state index contributed by atoms with van der Waals surface area (Å²) >= 11 is 1.86. The molecule has 1 fully saturated rings. The van der Waals surface area contributed by atoms with Gasteiger partial charge in [-0.25, -0.2) is 8.42 Å². The molecular formula is C27H30N2O4S2. The number of thioether (sulfide) groups is 1. The Morgan fingerprint density at radius 1 is 1.00 bits per heavy atom. The first-order chi connectivity index (χ1) is 16.9. The van der Waals surface area contributed by atoms with Crippen molar-refractivity contribution in [3.05, 3.63) is 95.6 Å². The normalized spacial score (nSPS) is 16.6. The monoisotopic (exact) mass is 510 g/mol. The van der Waals surface area contributed by atoms with E-state index in [1.807, 2.05) is 36.0 Å². The van der Waals surface area contributed by atoms with E-state index in [-0.39, 0.29) is 22.6 Å². The molecule has 0 aliphatic carbocycles. The van der Waals surface area contributed by atoms with Gasteiger partial charge in [-0.1, -0.05) is 54.6 Å². The molecule has 3 aromatic carbocycles. The van der Waals surface area contributed by atoms with Crippen molar-refractivity contribution in [1.29, 1.82) is 0 Å². The summed E-state index contributed by atoms with van der Waals surface area (Å²) in [6.45, 7) is 1.01. The van der Waals surface area contributed by atoms with E-state index in [9.17, 15) is 18.3 Å². The lowest BCUT2D eigenvalue weighted by atomic mass is 9.98. The molecule has 35 heavy (non-hydrogen) atoms. The van der Waals surface area contributed by atoms with Crippen LogP contribution in [0.25, 0.3) is 0 Å². The summed E-state index contributed by atoms with van der Waals surface area (Å²) in [6.07, 6.45) is 1.41. The highest BCUT2D eigenvalue weighted by Crippen LogP contribution is 2.26. The molecule has 1 heterocycles. The van der Waals surface area contributed by atoms with Crippen LogP contribution in [0.5, 0.6) is 0 Å². The van der Waals surface area contributed by atoms with Crippen LogP contribution in [0.4, 0.5) is 5.69 Å². The summed E-state index contributed by atoms with van der Waals surface area (Å²) in [5.74, 6) is -0.745. The van der Waals surface area contributed by atoms with E-state index in [0.29, 0.717) is 5.56 Å². The minimum Gasteiger partial charge on any atom is -0.481 e. The Bertz CT molecular complexity index is 1230. The molecule has 8 heteroatoms. The second kappa shape index (κ2) is 11.7. The van der Waals surface area contributed by atoms with Crippen LogP contribution in [0.3, 0.4) is 0 Å². The van der Waals surface area contributed by atoms with E-state index in [1.54, 1.807) is 36.4 Å². The van der Waals surface area contributed by atoms with Gasteiger partial charge in [-0.15, -0.1) is 11.8 Å². The molecule has 0 saturated carbocycles. The van der Waals surface area contributed by atoms with Crippen molar-refractivity contribution in [2.75, 3.05) is 23.4 Å². The third-order valence-electron chi connectivity index (χ3n) is 6.04. The number of hydrogen-bond acceptors (Lipinski definition) is 6. The summed E-state index contributed by atoms with van der Waals surface area (Å²) < 4.78 is 26.1. The predicted octanol–water partition coefficient (Wildman–Crippen LogP) is 4.54. The number of aliphatic carboxylic acids is 1. The van der Waals surface area contributed by atoms with Gasteiger partial charge in [-0.2, -0.15) is 0 Å². The van der Waals surface area contributed by atoms with E-state index in [4.69, 9.17) is 0 Å². The first-order valence-electron chi connectivity index (χ1n) is 11.7. The van der Waals surface area contributed by atoms with E-state index < -0.39 is 21.7 Å². The van der Waals surface area contributed by atoms with Gasteiger partial charge in [-0.3, -0.25) is 10.1 Å². The molecule has 2 atom stereocenters. The smallest absolute Gasteiger partial charge is 0.303 e. The molecule has 3 N–H and O–H groups in total. The molecule has 1 unspecified atom stereocenters. The molecule has 4 rings (SSSR count). The standard InChI is InChI=1S/C27H30N2O4S2/c30-26(31)18-23(22-6-2-1-3-7-22)19-35(32,33)25-13-11-20(12-14-25)9-10-21-5-4-8-24(17-21)29-27-28-15-16-34-27/h1-8,11-14,17,23,27-29H,9-10,15-16,18-19H2,(H,30,31)/t23-,27?/m1/s1. The van der Waals surface area contributed by atoms with E-state index >= 15 is 0 Å². The number of nitrogens with one attached hydrogen (secondary N) is 2. The quantitative estimate of drug-likeness (QED) is 0.349. The minimum atomic E-state index is -3.63. The average molecular weight is 511 g/mol. The molecular weight excluding hydrogens is 480 g/mol. The number of aryl methyl sites for hydroxylation is 2. The van der Waals surface area contributed by atoms with Crippen molar-refractivity contribution in [3.8, 4) is 0 Å². The van der Waals surface area contributed by atoms with Gasteiger partial charge in [0.15, 0.2) is 9.84 Å². The maximum absolute atomic E-state index is 13.1. The number of rotatable bonds is 11. The molecule has 0 aromatic heterocycles. The van der Waals surface area contributed by atoms with Crippen molar-refractivity contribution >= 4 is 33.3 Å². The number of anilines is 1. The van der Waals surface area contributed by atoms with Crippen molar-refractivity contribution in [2.45, 2.75) is 35.6 Å². The van der Waals surface area contributed by atoms with E-state index in [0.717, 1.165) is 36.4 Å². The van der Waals surface area contributed by atoms with Crippen LogP contribution < -0.4 is 10.6 Å². The molecule has 1 aliphatic rings. The number of carboxylic acids is 1. The molecule has 0 spiro atoms. The van der Waals surface area contributed by atoms with Crippen LogP contribution in [-0.4, -0.2) is 43.0 Å². The number of benzene rings is 3. The highest BCUT2D eigenvalue weighted by atomic mass is 32.2. The van der Waals surface area contributed by atoms with Gasteiger partial charge >= 0.3 is 5.97 Å². The van der Waals surface area contributed by atoms with Crippen LogP contribution in [0.2, 0.25) is 0 Å². The van der Waals surface area contributed by atoms with Gasteiger partial charge in [-0.05, 0) is 53.8 Å². The summed E-state index contributed by atoms with van der Waals surface area (Å²) in [7, 11) is -3.63. The van der Waals surface area contributed by atoms with E-state index in [2.05, 4.69) is 28.8 Å². The highest BCUT2D eigenvalue weighted by molar-refractivity contribution is 8.00. The van der Waals surface area contributed by atoms with Crippen molar-refractivity contribution in [2.24, 2.45) is 0 Å². The maximum Gasteiger partial charge on any atom is 0.303 e. The van der Waals surface area contributed by atoms with Crippen molar-refractivity contribution < 1.29 is 18.3 Å². The van der Waals surface area contributed by atoms with Crippen LogP contribution >= 0.6 is 11.8 Å². The van der Waals surface area contributed by atoms with Gasteiger partial charge in [0.2, 0.25) is 0 Å². The SMILES string of the molecule is O=C(O)C[C@H](CS(=O)(=O)c1ccc(CCc2cccc(NC3NCCS3)c2)cc1)c1ccccc1. The lowest BCUT2D eigenvalue weighted by Gasteiger charge is -2.16. The molecule has 0 bridgehead atoms. The summed E-state index contributed by atoms with van der Waals surface area (Å²) in [6, 6.07) is 24.3. The maximum atomic E-state index is 13.1. The van der Waals surface area contributed by atoms with Gasteiger partial charge in [0, 0.05) is 23.9 Å². The fraction of sp³-hybridized carbons (Fsp3) is 0.296. The Hall–Kier alpha value is -2.81. The Labute approximate surface area is 211 Å². The molecule has 0 amide bonds. The van der Waals surface area contributed by atoms with Gasteiger partial charge < -0.3 is 10.4 Å². The third kappa shape index (κ3) is 7.34. The largest absolute Gasteiger partial charge is 0.481 e. The first kappa shape index (κ1) is 25.3. The predicted molar refractivity (Wildman–Crippen MR) is 142 cm³/mol. The van der Waals surface area contributed by atoms with Crippen LogP contribution in [-0.2, 0) is 27.5 Å². The molecule has 1 saturated heterocycles. The Morgan fingerprint density at radius 2 is 1.74 bits per heavy atom. The topological polar surface area (TPSA) is 95.5 Å². The first-order valence-corrected chi connectivity index (χ1v) is 14.4. The van der Waals surface area contributed by atoms with Crippen molar-refractivity contribution in [1.82, 2.24) is 5.32 Å². The van der Waals surface area contributed by atoms with Gasteiger partial charge in [0.1, 0.15) is 5.50 Å². The Kier molecular flexibility index (Phi) is 8.49. The Morgan fingerprint density at radius 3 is 2.43 bits per heavy atom. The van der Waals surface area contributed by atoms with Crippen LogP contribution in [0, 0.1) is 0 Å². The van der Waals surface area contributed by atoms with Crippen LogP contribution in [0.1, 0.15) is 29.0 Å². The number of sulfone groups is 1. The zero-order chi connectivity index (χ0) is 24.7. The lowest BCUT2D eigenvalue weighted by Crippen LogP contribution is -2.27. The zero-order valence-corrected chi connectivity index (χ0v) is 21.0. The highest BCUT2D eigenvalue weighted by Gasteiger charge is 2.24. The minimum absolute atomic E-state index is 0.223. The summed E-state index contributed by atoms with van der Waals surface area (Å²) in [5.41, 5.74) is 4.32. The molecule has 1 aliphatic heterocycles. The van der Waals surface area contributed by atoms with E-state index in [1.165, 1.54) is 5.56 Å². The summed E-state index contributed by atoms with van der Waals surface area (Å²) in [5, 5.41) is 16.2. The van der Waals surface area contributed by atoms with Gasteiger partial charge in [0.25, 0.3) is 0 Å². The Balaban J connectivity index is 1.38. The summed E-state index contributed by atoms with van der Waals surface area (Å²) in [4.78, 5) is 11.6. The fourth-order valence-electron chi connectivity index (χ4n) is 4.21. The second-order valence-corrected chi connectivity index (χ2v) is 11.9. The number of hydrogen-bond donors (Lipinski definition) is 3. The lowest BCUT2D eigenvalue weighted by molar-refractivity contribution is -0.137. The number of carboxylic acid groups (broad SMARTS) is 1. The van der Waals surface area contributed by atoms with Crippen molar-refractivity contribution in [3.63, 3.8) is 0 Å². The third-order valence-corrected chi connectivity index (χ3v) is 8.93. The number of carbonyl (C=O) groups is 1. The molecule has 184 valence electrons.